The van der Waals surface area contributed by atoms with Crippen molar-refractivity contribution < 1.29 is 9.59 Å². The van der Waals surface area contributed by atoms with Crippen LogP contribution in [-0.4, -0.2) is 23.7 Å². The minimum atomic E-state index is -0.0561. The van der Waals surface area contributed by atoms with Gasteiger partial charge in [0.1, 0.15) is 4.88 Å². The van der Waals surface area contributed by atoms with Crippen LogP contribution in [-0.2, 0) is 4.79 Å². The van der Waals surface area contributed by atoms with Crippen molar-refractivity contribution in [2.75, 3.05) is 7.05 Å². The van der Waals surface area contributed by atoms with Gasteiger partial charge in [0.15, 0.2) is 10.9 Å². The van der Waals surface area contributed by atoms with E-state index in [1.807, 2.05) is 0 Å². The summed E-state index contributed by atoms with van der Waals surface area (Å²) < 4.78 is 0. The molecule has 0 saturated carbocycles. The second-order valence-electron chi connectivity index (χ2n) is 3.30. The van der Waals surface area contributed by atoms with Crippen molar-refractivity contribution in [2.24, 2.45) is 0 Å². The summed E-state index contributed by atoms with van der Waals surface area (Å²) in [6.07, 6.45) is 1.22. The first-order valence-corrected chi connectivity index (χ1v) is 6.10. The lowest BCUT2D eigenvalue weighted by atomic mass is 10.1. The van der Waals surface area contributed by atoms with Gasteiger partial charge in [-0.05, 0) is 13.3 Å². The van der Waals surface area contributed by atoms with Crippen molar-refractivity contribution in [3.05, 3.63) is 15.0 Å². The first kappa shape index (κ1) is 13.1. The summed E-state index contributed by atoms with van der Waals surface area (Å²) in [5, 5.41) is 3.56. The SMILES string of the molecule is CNC(=O)CCCC(=O)c1sc(C)nc1Cl. The lowest BCUT2D eigenvalue weighted by molar-refractivity contribution is -0.120. The van der Waals surface area contributed by atoms with Crippen LogP contribution >= 0.6 is 22.9 Å². The maximum absolute atomic E-state index is 11.7. The average molecular weight is 261 g/mol. The van der Waals surface area contributed by atoms with Gasteiger partial charge in [0.05, 0.1) is 5.01 Å². The quantitative estimate of drug-likeness (QED) is 0.826. The molecule has 1 aromatic rings. The van der Waals surface area contributed by atoms with Crippen molar-refractivity contribution >= 4 is 34.6 Å². The molecule has 88 valence electrons. The average Bonchev–Trinajstić information content (AvgIpc) is 2.57. The number of hydrogen-bond donors (Lipinski definition) is 1. The predicted molar refractivity (Wildman–Crippen MR) is 64.1 cm³/mol. The number of aryl methyl sites for hydroxylation is 1. The Kier molecular flexibility index (Phi) is 4.89. The minimum absolute atomic E-state index is 0.0421. The summed E-state index contributed by atoms with van der Waals surface area (Å²) >= 11 is 7.10. The van der Waals surface area contributed by atoms with E-state index in [0.717, 1.165) is 5.01 Å². The normalized spacial score (nSPS) is 10.2. The third-order valence-electron chi connectivity index (χ3n) is 2.03. The molecule has 0 radical (unpaired) electrons. The fraction of sp³-hybridized carbons (Fsp3) is 0.500. The maximum atomic E-state index is 11.7. The van der Waals surface area contributed by atoms with Gasteiger partial charge in [-0.3, -0.25) is 9.59 Å². The van der Waals surface area contributed by atoms with E-state index >= 15 is 0 Å². The molecular weight excluding hydrogens is 248 g/mol. The molecule has 1 heterocycles. The highest BCUT2D eigenvalue weighted by molar-refractivity contribution is 7.14. The van der Waals surface area contributed by atoms with E-state index in [2.05, 4.69) is 10.3 Å². The Morgan fingerprint density at radius 1 is 1.44 bits per heavy atom. The number of rotatable bonds is 5. The van der Waals surface area contributed by atoms with E-state index in [-0.39, 0.29) is 16.8 Å². The second kappa shape index (κ2) is 5.96. The van der Waals surface area contributed by atoms with Crippen molar-refractivity contribution in [1.29, 1.82) is 0 Å². The highest BCUT2D eigenvalue weighted by atomic mass is 35.5. The molecular formula is C10H13ClN2O2S. The van der Waals surface area contributed by atoms with Crippen LogP contribution in [0, 0.1) is 6.92 Å². The summed E-state index contributed by atoms with van der Waals surface area (Å²) in [6.45, 7) is 1.80. The molecule has 0 aliphatic carbocycles. The number of hydrogen-bond acceptors (Lipinski definition) is 4. The van der Waals surface area contributed by atoms with E-state index in [1.165, 1.54) is 11.3 Å². The molecule has 0 bridgehead atoms. The van der Waals surface area contributed by atoms with Gasteiger partial charge >= 0.3 is 0 Å². The molecule has 4 nitrogen and oxygen atoms in total. The molecule has 1 aromatic heterocycles. The zero-order chi connectivity index (χ0) is 12.1. The first-order valence-electron chi connectivity index (χ1n) is 4.91. The number of halogens is 1. The number of carbonyl (C=O) groups excluding carboxylic acids is 2. The number of amides is 1. The molecule has 1 rings (SSSR count). The maximum Gasteiger partial charge on any atom is 0.219 e. The van der Waals surface area contributed by atoms with Gasteiger partial charge in [-0.1, -0.05) is 11.6 Å². The largest absolute Gasteiger partial charge is 0.359 e. The van der Waals surface area contributed by atoms with Crippen molar-refractivity contribution in [2.45, 2.75) is 26.2 Å². The molecule has 16 heavy (non-hydrogen) atoms. The molecule has 1 N–H and O–H groups in total. The summed E-state index contributed by atoms with van der Waals surface area (Å²) in [5.74, 6) is -0.0983. The summed E-state index contributed by atoms with van der Waals surface area (Å²) in [4.78, 5) is 27.1. The number of ketones is 1. The first-order chi connectivity index (χ1) is 7.54. The Hall–Kier alpha value is -0.940. The molecule has 0 aliphatic rings. The molecule has 0 aromatic carbocycles. The van der Waals surface area contributed by atoms with Crippen LogP contribution in [0.25, 0.3) is 0 Å². The number of thiazole rings is 1. The van der Waals surface area contributed by atoms with Crippen molar-refractivity contribution in [3.8, 4) is 0 Å². The number of aromatic nitrogens is 1. The topological polar surface area (TPSA) is 59.1 Å². The third-order valence-corrected chi connectivity index (χ3v) is 3.43. The Morgan fingerprint density at radius 3 is 2.62 bits per heavy atom. The van der Waals surface area contributed by atoms with Gasteiger partial charge in [-0.2, -0.15) is 0 Å². The van der Waals surface area contributed by atoms with Crippen LogP contribution in [0.15, 0.2) is 0 Å². The zero-order valence-corrected chi connectivity index (χ0v) is 10.7. The van der Waals surface area contributed by atoms with E-state index in [4.69, 9.17) is 11.6 Å². The molecule has 0 atom stereocenters. The van der Waals surface area contributed by atoms with Gasteiger partial charge in [0.25, 0.3) is 0 Å². The molecule has 0 spiro atoms. The number of carbonyl (C=O) groups is 2. The summed E-state index contributed by atoms with van der Waals surface area (Å²) in [6, 6.07) is 0. The summed E-state index contributed by atoms with van der Waals surface area (Å²) in [5.41, 5.74) is 0. The van der Waals surface area contributed by atoms with E-state index in [0.29, 0.717) is 24.1 Å². The molecule has 6 heteroatoms. The van der Waals surface area contributed by atoms with Crippen LogP contribution in [0.4, 0.5) is 0 Å². The van der Waals surface area contributed by atoms with E-state index in [9.17, 15) is 9.59 Å². The molecule has 0 fully saturated rings. The third kappa shape index (κ3) is 3.57. The Balaban J connectivity index is 2.47. The fourth-order valence-corrected chi connectivity index (χ4v) is 2.40. The fourth-order valence-electron chi connectivity index (χ4n) is 1.22. The highest BCUT2D eigenvalue weighted by Gasteiger charge is 2.15. The van der Waals surface area contributed by atoms with E-state index < -0.39 is 0 Å². The van der Waals surface area contributed by atoms with Gasteiger partial charge < -0.3 is 5.32 Å². The molecule has 0 unspecified atom stereocenters. The number of Topliss-reactive ketones (excluding diaryl/α,β-unsaturated/α-hetero) is 1. The van der Waals surface area contributed by atoms with Crippen molar-refractivity contribution in [1.82, 2.24) is 10.3 Å². The van der Waals surface area contributed by atoms with Crippen LogP contribution in [0.3, 0.4) is 0 Å². The standard InChI is InChI=1S/C10H13ClN2O2S/c1-6-13-10(11)9(16-6)7(14)4-3-5-8(15)12-2/h3-5H2,1-2H3,(H,12,15). The minimum Gasteiger partial charge on any atom is -0.359 e. The summed E-state index contributed by atoms with van der Waals surface area (Å²) in [7, 11) is 1.58. The molecule has 0 aliphatic heterocycles. The molecule has 1 amide bonds. The number of nitrogens with one attached hydrogen (secondary N) is 1. The van der Waals surface area contributed by atoms with Gasteiger partial charge in [-0.25, -0.2) is 4.98 Å². The lowest BCUT2D eigenvalue weighted by Gasteiger charge is -1.98. The van der Waals surface area contributed by atoms with Gasteiger partial charge in [0.2, 0.25) is 5.91 Å². The highest BCUT2D eigenvalue weighted by Crippen LogP contribution is 2.24. The Bertz CT molecular complexity index is 404. The monoisotopic (exact) mass is 260 g/mol. The van der Waals surface area contributed by atoms with Crippen molar-refractivity contribution in [3.63, 3.8) is 0 Å². The smallest absolute Gasteiger partial charge is 0.219 e. The Labute approximate surface area is 103 Å². The van der Waals surface area contributed by atoms with Crippen LogP contribution in [0.5, 0.6) is 0 Å². The second-order valence-corrected chi connectivity index (χ2v) is 4.86. The Morgan fingerprint density at radius 2 is 2.12 bits per heavy atom. The molecule has 0 saturated heterocycles. The van der Waals surface area contributed by atoms with Crippen LogP contribution in [0.2, 0.25) is 5.15 Å². The number of nitrogens with zero attached hydrogens (tertiary/aromatic N) is 1. The van der Waals surface area contributed by atoms with Crippen LogP contribution < -0.4 is 5.32 Å². The van der Waals surface area contributed by atoms with Gasteiger partial charge in [-0.15, -0.1) is 11.3 Å². The van der Waals surface area contributed by atoms with Crippen LogP contribution in [0.1, 0.15) is 33.9 Å². The predicted octanol–water partition coefficient (Wildman–Crippen LogP) is 2.20. The van der Waals surface area contributed by atoms with E-state index in [1.54, 1.807) is 14.0 Å². The van der Waals surface area contributed by atoms with Gasteiger partial charge in [0, 0.05) is 19.9 Å². The lowest BCUT2D eigenvalue weighted by Crippen LogP contribution is -2.17. The zero-order valence-electron chi connectivity index (χ0n) is 9.17.